The van der Waals surface area contributed by atoms with E-state index in [9.17, 15) is 9.90 Å². The number of fused-ring (bicyclic) bond motifs is 1. The normalized spacial score (nSPS) is 17.9. The largest absolute Gasteiger partial charge is 0.490 e. The van der Waals surface area contributed by atoms with Crippen molar-refractivity contribution in [3.8, 4) is 11.5 Å². The molecule has 0 unspecified atom stereocenters. The number of carbonyl (C=O) groups is 1. The number of ether oxygens (including phenoxy) is 2. The number of hydrogen-bond donors (Lipinski definition) is 1. The van der Waals surface area contributed by atoms with Crippen LogP contribution in [0.25, 0.3) is 11.0 Å². The molecule has 0 radical (unpaired) electrons. The van der Waals surface area contributed by atoms with E-state index in [1.165, 1.54) is 18.4 Å². The average Bonchev–Trinajstić information content (AvgIpc) is 3.51. The summed E-state index contributed by atoms with van der Waals surface area (Å²) in [5.41, 5.74) is 2.99. The summed E-state index contributed by atoms with van der Waals surface area (Å²) < 4.78 is 14.1. The second-order valence-corrected chi connectivity index (χ2v) is 9.29. The van der Waals surface area contributed by atoms with Crippen LogP contribution in [0.1, 0.15) is 67.4 Å². The Bertz CT molecular complexity index is 1150. The highest BCUT2D eigenvalue weighted by molar-refractivity contribution is 5.92. The first-order valence-electron chi connectivity index (χ1n) is 12.3. The number of rotatable bonds is 8. The fourth-order valence-electron chi connectivity index (χ4n) is 5.13. The van der Waals surface area contributed by atoms with Crippen molar-refractivity contribution in [3.63, 3.8) is 0 Å². The fourth-order valence-corrected chi connectivity index (χ4v) is 5.13. The molecule has 34 heavy (non-hydrogen) atoms. The number of nitrogens with zero attached hydrogens (tertiary/aromatic N) is 4. The van der Waals surface area contributed by atoms with Crippen molar-refractivity contribution >= 4 is 17.0 Å². The summed E-state index contributed by atoms with van der Waals surface area (Å²) in [6.07, 6.45) is 7.01. The highest BCUT2D eigenvalue weighted by Gasteiger charge is 2.24. The summed E-state index contributed by atoms with van der Waals surface area (Å²) in [5, 5.41) is 17.7. The van der Waals surface area contributed by atoms with Crippen LogP contribution < -0.4 is 9.47 Å². The first-order valence-corrected chi connectivity index (χ1v) is 12.3. The van der Waals surface area contributed by atoms with E-state index in [4.69, 9.17) is 9.47 Å². The van der Waals surface area contributed by atoms with Crippen LogP contribution in [-0.4, -0.2) is 56.8 Å². The first kappa shape index (κ1) is 22.7. The standard InChI is InChI=1S/C26H32N4O4/c1-2-33-25-15-18(7-10-24(25)34-21-5-3-4-6-21)17-29-13-11-20(12-14-29)30-23-9-8-19(26(31)32)16-22(23)27-28-30/h7-10,15-16,20-21H,2-6,11-14,17H2,1H3,(H,31,32). The summed E-state index contributed by atoms with van der Waals surface area (Å²) in [5.74, 6) is 0.757. The molecule has 1 aromatic heterocycles. The summed E-state index contributed by atoms with van der Waals surface area (Å²) in [6.45, 7) is 5.42. The molecule has 1 saturated heterocycles. The first-order chi connectivity index (χ1) is 16.6. The SMILES string of the molecule is CCOc1cc(CN2CCC(n3nnc4cc(C(=O)O)ccc43)CC2)ccc1OC1CCCC1. The molecule has 180 valence electrons. The Labute approximate surface area is 199 Å². The van der Waals surface area contributed by atoms with Gasteiger partial charge in [0.25, 0.3) is 0 Å². The van der Waals surface area contributed by atoms with Crippen molar-refractivity contribution in [3.05, 3.63) is 47.5 Å². The van der Waals surface area contributed by atoms with E-state index in [0.717, 1.165) is 62.3 Å². The van der Waals surface area contributed by atoms with E-state index in [1.54, 1.807) is 12.1 Å². The molecule has 0 bridgehead atoms. The summed E-state index contributed by atoms with van der Waals surface area (Å²) >= 11 is 0. The zero-order chi connectivity index (χ0) is 23.5. The maximum Gasteiger partial charge on any atom is 0.335 e. The molecule has 2 aromatic carbocycles. The van der Waals surface area contributed by atoms with Crippen LogP contribution in [0.2, 0.25) is 0 Å². The lowest BCUT2D eigenvalue weighted by Crippen LogP contribution is -2.34. The van der Waals surface area contributed by atoms with E-state index >= 15 is 0 Å². The number of piperidine rings is 1. The molecule has 3 aromatic rings. The van der Waals surface area contributed by atoms with Gasteiger partial charge in [0.2, 0.25) is 0 Å². The number of likely N-dealkylation sites (tertiary alicyclic amines) is 1. The summed E-state index contributed by atoms with van der Waals surface area (Å²) in [6, 6.07) is 11.6. The van der Waals surface area contributed by atoms with Gasteiger partial charge in [-0.3, -0.25) is 4.90 Å². The second kappa shape index (κ2) is 10.0. The number of aromatic nitrogens is 3. The van der Waals surface area contributed by atoms with Crippen LogP contribution in [0.15, 0.2) is 36.4 Å². The van der Waals surface area contributed by atoms with E-state index in [-0.39, 0.29) is 11.6 Å². The van der Waals surface area contributed by atoms with Gasteiger partial charge in [0, 0.05) is 19.6 Å². The van der Waals surface area contributed by atoms with Crippen molar-refractivity contribution < 1.29 is 19.4 Å². The monoisotopic (exact) mass is 464 g/mol. The molecular formula is C26H32N4O4. The molecule has 1 aliphatic heterocycles. The Balaban J connectivity index is 1.22. The third-order valence-electron chi connectivity index (χ3n) is 6.93. The van der Waals surface area contributed by atoms with Crippen LogP contribution in [-0.2, 0) is 6.54 Å². The summed E-state index contributed by atoms with van der Waals surface area (Å²) in [4.78, 5) is 13.7. The highest BCUT2D eigenvalue weighted by atomic mass is 16.5. The molecule has 5 rings (SSSR count). The number of benzene rings is 2. The van der Waals surface area contributed by atoms with Gasteiger partial charge in [-0.15, -0.1) is 5.10 Å². The van der Waals surface area contributed by atoms with Gasteiger partial charge in [0.1, 0.15) is 5.52 Å². The zero-order valence-electron chi connectivity index (χ0n) is 19.7. The van der Waals surface area contributed by atoms with Gasteiger partial charge in [-0.1, -0.05) is 11.3 Å². The topological polar surface area (TPSA) is 89.7 Å². The third kappa shape index (κ3) is 4.87. The van der Waals surface area contributed by atoms with Gasteiger partial charge in [0.15, 0.2) is 11.5 Å². The zero-order valence-corrected chi connectivity index (χ0v) is 19.7. The summed E-state index contributed by atoms with van der Waals surface area (Å²) in [7, 11) is 0. The third-order valence-corrected chi connectivity index (χ3v) is 6.93. The fraction of sp³-hybridized carbons (Fsp3) is 0.500. The van der Waals surface area contributed by atoms with Crippen molar-refractivity contribution in [2.75, 3.05) is 19.7 Å². The van der Waals surface area contributed by atoms with Crippen molar-refractivity contribution in [2.24, 2.45) is 0 Å². The molecule has 2 heterocycles. The lowest BCUT2D eigenvalue weighted by Gasteiger charge is -2.32. The smallest absolute Gasteiger partial charge is 0.335 e. The number of carboxylic acid groups (broad SMARTS) is 1. The van der Waals surface area contributed by atoms with Gasteiger partial charge in [0.05, 0.1) is 29.8 Å². The molecule has 1 N–H and O–H groups in total. The van der Waals surface area contributed by atoms with E-state index in [1.807, 2.05) is 17.7 Å². The van der Waals surface area contributed by atoms with Gasteiger partial charge in [-0.2, -0.15) is 0 Å². The number of carboxylic acids is 1. The second-order valence-electron chi connectivity index (χ2n) is 9.29. The molecular weight excluding hydrogens is 432 g/mol. The van der Waals surface area contributed by atoms with E-state index in [0.29, 0.717) is 18.2 Å². The van der Waals surface area contributed by atoms with Crippen molar-refractivity contribution in [1.82, 2.24) is 19.9 Å². The van der Waals surface area contributed by atoms with Crippen LogP contribution in [0.5, 0.6) is 11.5 Å². The molecule has 1 aliphatic carbocycles. The lowest BCUT2D eigenvalue weighted by atomic mass is 10.0. The maximum absolute atomic E-state index is 11.2. The average molecular weight is 465 g/mol. The number of hydrogen-bond acceptors (Lipinski definition) is 6. The van der Waals surface area contributed by atoms with Gasteiger partial charge >= 0.3 is 5.97 Å². The molecule has 2 fully saturated rings. The Morgan fingerprint density at radius 1 is 1.06 bits per heavy atom. The van der Waals surface area contributed by atoms with E-state index in [2.05, 4.69) is 33.4 Å². The van der Waals surface area contributed by atoms with E-state index < -0.39 is 5.97 Å². The van der Waals surface area contributed by atoms with Crippen LogP contribution >= 0.6 is 0 Å². The predicted molar refractivity (Wildman–Crippen MR) is 129 cm³/mol. The van der Waals surface area contributed by atoms with Gasteiger partial charge in [-0.05, 0) is 81.3 Å². The maximum atomic E-state index is 11.2. The highest BCUT2D eigenvalue weighted by Crippen LogP contribution is 2.34. The van der Waals surface area contributed by atoms with Crippen LogP contribution in [0.4, 0.5) is 0 Å². The van der Waals surface area contributed by atoms with Gasteiger partial charge in [-0.25, -0.2) is 9.48 Å². The van der Waals surface area contributed by atoms with Crippen LogP contribution in [0, 0.1) is 0 Å². The number of aromatic carboxylic acids is 1. The van der Waals surface area contributed by atoms with Gasteiger partial charge < -0.3 is 14.6 Å². The molecule has 0 amide bonds. The molecule has 0 atom stereocenters. The Hall–Kier alpha value is -3.13. The minimum absolute atomic E-state index is 0.237. The Morgan fingerprint density at radius 2 is 1.85 bits per heavy atom. The minimum Gasteiger partial charge on any atom is -0.490 e. The molecule has 8 nitrogen and oxygen atoms in total. The predicted octanol–water partition coefficient (Wildman–Crippen LogP) is 4.69. The lowest BCUT2D eigenvalue weighted by molar-refractivity contribution is 0.0697. The molecule has 1 saturated carbocycles. The quantitative estimate of drug-likeness (QED) is 0.517. The Morgan fingerprint density at radius 3 is 2.59 bits per heavy atom. The Kier molecular flexibility index (Phi) is 6.67. The van der Waals surface area contributed by atoms with Crippen LogP contribution in [0.3, 0.4) is 0 Å². The molecule has 2 aliphatic rings. The van der Waals surface area contributed by atoms with Crippen molar-refractivity contribution in [2.45, 2.75) is 64.1 Å². The molecule has 8 heteroatoms. The molecule has 0 spiro atoms. The minimum atomic E-state index is -0.949. The van der Waals surface area contributed by atoms with Crippen molar-refractivity contribution in [1.29, 1.82) is 0 Å².